The van der Waals surface area contributed by atoms with E-state index in [4.69, 9.17) is 16.1 Å². The summed E-state index contributed by atoms with van der Waals surface area (Å²) in [6.45, 7) is 4.16. The SMILES string of the molecule is CCN(CC)S(=O)(=O)c1cc(NCc2nc(-c3ccc(C(F)(F)F)cc3)no2)ccc1Cl. The molecule has 0 aliphatic carbocycles. The van der Waals surface area contributed by atoms with Gasteiger partial charge in [0.05, 0.1) is 17.1 Å². The highest BCUT2D eigenvalue weighted by Crippen LogP contribution is 2.31. The highest BCUT2D eigenvalue weighted by atomic mass is 35.5. The minimum Gasteiger partial charge on any atom is -0.376 e. The van der Waals surface area contributed by atoms with Gasteiger partial charge in [-0.05, 0) is 30.3 Å². The molecule has 3 aromatic rings. The van der Waals surface area contributed by atoms with Crippen LogP contribution in [0.1, 0.15) is 25.3 Å². The quantitative estimate of drug-likeness (QED) is 0.477. The summed E-state index contributed by atoms with van der Waals surface area (Å²) in [5.41, 5.74) is 0.0614. The van der Waals surface area contributed by atoms with Gasteiger partial charge in [0.15, 0.2) is 0 Å². The van der Waals surface area contributed by atoms with E-state index < -0.39 is 21.8 Å². The Balaban J connectivity index is 1.74. The lowest BCUT2D eigenvalue weighted by Gasteiger charge is -2.19. The van der Waals surface area contributed by atoms with Crippen molar-refractivity contribution in [1.82, 2.24) is 14.4 Å². The minimum atomic E-state index is -4.43. The second kappa shape index (κ2) is 9.47. The Morgan fingerprint density at radius 2 is 1.75 bits per heavy atom. The Kier molecular flexibility index (Phi) is 7.11. The molecule has 0 bridgehead atoms. The van der Waals surface area contributed by atoms with E-state index >= 15 is 0 Å². The molecular weight excluding hydrogens is 469 g/mol. The van der Waals surface area contributed by atoms with Gasteiger partial charge in [-0.3, -0.25) is 0 Å². The first kappa shape index (κ1) is 24.0. The molecule has 32 heavy (non-hydrogen) atoms. The number of halogens is 4. The number of hydrogen-bond acceptors (Lipinski definition) is 6. The molecule has 1 heterocycles. The van der Waals surface area contributed by atoms with E-state index in [-0.39, 0.29) is 28.2 Å². The lowest BCUT2D eigenvalue weighted by Crippen LogP contribution is -2.30. The van der Waals surface area contributed by atoms with Crippen molar-refractivity contribution < 1.29 is 26.1 Å². The first-order chi connectivity index (χ1) is 15.1. The average molecular weight is 489 g/mol. The summed E-state index contributed by atoms with van der Waals surface area (Å²) in [6, 6.07) is 8.90. The number of aromatic nitrogens is 2. The largest absolute Gasteiger partial charge is 0.416 e. The van der Waals surface area contributed by atoms with Gasteiger partial charge < -0.3 is 9.84 Å². The fourth-order valence-electron chi connectivity index (χ4n) is 2.94. The van der Waals surface area contributed by atoms with Gasteiger partial charge in [-0.25, -0.2) is 8.42 Å². The molecular formula is C20H20ClF3N4O3S. The molecule has 0 saturated heterocycles. The Morgan fingerprint density at radius 1 is 1.09 bits per heavy atom. The zero-order chi connectivity index (χ0) is 23.5. The van der Waals surface area contributed by atoms with Crippen molar-refractivity contribution in [2.75, 3.05) is 18.4 Å². The molecule has 2 aromatic carbocycles. The summed E-state index contributed by atoms with van der Waals surface area (Å²) in [5, 5.41) is 6.86. The molecule has 0 atom stereocenters. The number of hydrogen-bond donors (Lipinski definition) is 1. The molecule has 0 saturated carbocycles. The molecule has 0 aliphatic heterocycles. The zero-order valence-electron chi connectivity index (χ0n) is 17.1. The Hall–Kier alpha value is -2.63. The van der Waals surface area contributed by atoms with Crippen molar-refractivity contribution in [3.63, 3.8) is 0 Å². The molecule has 1 N–H and O–H groups in total. The number of anilines is 1. The maximum Gasteiger partial charge on any atom is 0.416 e. The monoisotopic (exact) mass is 488 g/mol. The summed E-state index contributed by atoms with van der Waals surface area (Å²) in [5.74, 6) is 0.305. The molecule has 1 aromatic heterocycles. The molecule has 0 unspecified atom stereocenters. The summed E-state index contributed by atoms with van der Waals surface area (Å²) < 4.78 is 70.1. The van der Waals surface area contributed by atoms with Crippen LogP contribution in [0.4, 0.5) is 18.9 Å². The summed E-state index contributed by atoms with van der Waals surface area (Å²) >= 11 is 6.12. The van der Waals surface area contributed by atoms with Crippen molar-refractivity contribution in [2.24, 2.45) is 0 Å². The smallest absolute Gasteiger partial charge is 0.376 e. The second-order valence-corrected chi connectivity index (χ2v) is 8.99. The first-order valence-corrected chi connectivity index (χ1v) is 11.4. The maximum atomic E-state index is 12.8. The molecule has 7 nitrogen and oxygen atoms in total. The van der Waals surface area contributed by atoms with Crippen LogP contribution in [0.25, 0.3) is 11.4 Å². The molecule has 12 heteroatoms. The lowest BCUT2D eigenvalue weighted by molar-refractivity contribution is -0.137. The molecule has 0 aliphatic rings. The fraction of sp³-hybridized carbons (Fsp3) is 0.300. The molecule has 0 fully saturated rings. The van der Waals surface area contributed by atoms with Crippen molar-refractivity contribution in [3.05, 3.63) is 58.9 Å². The summed E-state index contributed by atoms with van der Waals surface area (Å²) in [7, 11) is -3.75. The Bertz CT molecular complexity index is 1180. The predicted molar refractivity (Wildman–Crippen MR) is 114 cm³/mol. The van der Waals surface area contributed by atoms with Crippen LogP contribution in [0.15, 0.2) is 51.9 Å². The third-order valence-corrected chi connectivity index (χ3v) is 7.17. The zero-order valence-corrected chi connectivity index (χ0v) is 18.7. The van der Waals surface area contributed by atoms with Crippen molar-refractivity contribution in [3.8, 4) is 11.4 Å². The maximum absolute atomic E-state index is 12.8. The number of benzene rings is 2. The van der Waals surface area contributed by atoms with Crippen LogP contribution < -0.4 is 5.32 Å². The van der Waals surface area contributed by atoms with E-state index in [1.807, 2.05) is 0 Å². The summed E-state index contributed by atoms with van der Waals surface area (Å²) in [4.78, 5) is 4.13. The van der Waals surface area contributed by atoms with Crippen molar-refractivity contribution >= 4 is 27.3 Å². The van der Waals surface area contributed by atoms with E-state index in [0.29, 0.717) is 24.3 Å². The van der Waals surface area contributed by atoms with Crippen LogP contribution in [0.5, 0.6) is 0 Å². The van der Waals surface area contributed by atoms with Gasteiger partial charge in [0.2, 0.25) is 21.7 Å². The highest BCUT2D eigenvalue weighted by molar-refractivity contribution is 7.89. The Labute approximate surface area is 188 Å². The third-order valence-electron chi connectivity index (χ3n) is 4.64. The van der Waals surface area contributed by atoms with Crippen LogP contribution in [0.3, 0.4) is 0 Å². The van der Waals surface area contributed by atoms with Gasteiger partial charge in [0.1, 0.15) is 4.90 Å². The van der Waals surface area contributed by atoms with Crippen molar-refractivity contribution in [1.29, 1.82) is 0 Å². The first-order valence-electron chi connectivity index (χ1n) is 9.60. The summed E-state index contributed by atoms with van der Waals surface area (Å²) in [6.07, 6.45) is -4.43. The average Bonchev–Trinajstić information content (AvgIpc) is 3.22. The van der Waals surface area contributed by atoms with Crippen molar-refractivity contribution in [2.45, 2.75) is 31.5 Å². The van der Waals surface area contributed by atoms with Crippen LogP contribution in [-0.4, -0.2) is 36.0 Å². The van der Waals surface area contributed by atoms with E-state index in [1.165, 1.54) is 28.6 Å². The van der Waals surface area contributed by atoms with Gasteiger partial charge in [-0.1, -0.05) is 42.7 Å². The number of nitrogens with one attached hydrogen (secondary N) is 1. The van der Waals surface area contributed by atoms with Gasteiger partial charge in [0, 0.05) is 24.3 Å². The molecule has 0 spiro atoms. The van der Waals surface area contributed by atoms with Crippen LogP contribution in [-0.2, 0) is 22.7 Å². The predicted octanol–water partition coefficient (Wildman–Crippen LogP) is 5.05. The van der Waals surface area contributed by atoms with Gasteiger partial charge in [-0.15, -0.1) is 0 Å². The van der Waals surface area contributed by atoms with E-state index in [0.717, 1.165) is 12.1 Å². The van der Waals surface area contributed by atoms with Crippen LogP contribution in [0.2, 0.25) is 5.02 Å². The normalized spacial score (nSPS) is 12.3. The topological polar surface area (TPSA) is 88.3 Å². The molecule has 3 rings (SSSR count). The van der Waals surface area contributed by atoms with Gasteiger partial charge in [-0.2, -0.15) is 22.5 Å². The van der Waals surface area contributed by atoms with Crippen LogP contribution >= 0.6 is 11.6 Å². The molecule has 0 radical (unpaired) electrons. The van der Waals surface area contributed by atoms with Gasteiger partial charge in [0.25, 0.3) is 0 Å². The molecule has 0 amide bonds. The number of nitrogens with zero attached hydrogens (tertiary/aromatic N) is 3. The molecule has 172 valence electrons. The van der Waals surface area contributed by atoms with Crippen LogP contribution in [0, 0.1) is 0 Å². The van der Waals surface area contributed by atoms with E-state index in [9.17, 15) is 21.6 Å². The fourth-order valence-corrected chi connectivity index (χ4v) is 4.90. The minimum absolute atomic E-state index is 0.0242. The lowest BCUT2D eigenvalue weighted by atomic mass is 10.1. The van der Waals surface area contributed by atoms with E-state index in [2.05, 4.69) is 15.5 Å². The second-order valence-electron chi connectivity index (χ2n) is 6.67. The number of sulfonamides is 1. The highest BCUT2D eigenvalue weighted by Gasteiger charge is 2.30. The van der Waals surface area contributed by atoms with E-state index in [1.54, 1.807) is 19.9 Å². The standard InChI is InChI=1S/C20H20ClF3N4O3S/c1-3-28(4-2)32(29,30)17-11-15(9-10-16(17)21)25-12-18-26-19(27-31-18)13-5-7-14(8-6-13)20(22,23)24/h5-11,25H,3-4,12H2,1-2H3. The number of alkyl halides is 3. The number of rotatable bonds is 8. The van der Waals surface area contributed by atoms with Gasteiger partial charge >= 0.3 is 6.18 Å². The Morgan fingerprint density at radius 3 is 2.34 bits per heavy atom. The third kappa shape index (κ3) is 5.22.